The Hall–Kier alpha value is -2.76. The molecule has 5 fully saturated rings. The quantitative estimate of drug-likeness (QED) is 0.204. The van der Waals surface area contributed by atoms with E-state index >= 15 is 0 Å². The van der Waals surface area contributed by atoms with Crippen LogP contribution < -0.4 is 4.74 Å². The first kappa shape index (κ1) is 31.8. The topological polar surface area (TPSA) is 82.1 Å². The van der Waals surface area contributed by atoms with Crippen molar-refractivity contribution in [3.05, 3.63) is 42.0 Å². The number of esters is 2. The molecule has 4 saturated carbocycles. The molecule has 1 aliphatic heterocycles. The van der Waals surface area contributed by atoms with Crippen LogP contribution in [-0.2, 0) is 19.1 Å². The fourth-order valence-corrected chi connectivity index (χ4v) is 12.8. The van der Waals surface area contributed by atoms with E-state index in [1.807, 2.05) is 0 Å². The molecule has 0 radical (unpaired) electrons. The highest BCUT2D eigenvalue weighted by atomic mass is 16.6. The van der Waals surface area contributed by atoms with Crippen molar-refractivity contribution >= 4 is 18.0 Å². The molecular formula is C40H54O6. The highest BCUT2D eigenvalue weighted by Crippen LogP contribution is 2.79. The minimum absolute atomic E-state index is 0.00229. The van der Waals surface area contributed by atoms with E-state index in [1.54, 1.807) is 24.3 Å². The van der Waals surface area contributed by atoms with Gasteiger partial charge in [0, 0.05) is 22.8 Å². The van der Waals surface area contributed by atoms with Crippen molar-refractivity contribution in [1.82, 2.24) is 0 Å². The van der Waals surface area contributed by atoms with Crippen molar-refractivity contribution in [2.24, 2.45) is 56.7 Å². The van der Waals surface area contributed by atoms with Gasteiger partial charge < -0.3 is 19.3 Å². The molecule has 46 heavy (non-hydrogen) atoms. The molecule has 6 heteroatoms. The van der Waals surface area contributed by atoms with Crippen LogP contribution in [0.1, 0.15) is 105 Å². The van der Waals surface area contributed by atoms with Gasteiger partial charge in [0.15, 0.2) is 11.5 Å². The number of benzene rings is 1. The molecule has 1 heterocycles. The molecule has 0 aromatic heterocycles. The zero-order valence-corrected chi connectivity index (χ0v) is 29.2. The average Bonchev–Trinajstić information content (AvgIpc) is 3.21. The summed E-state index contributed by atoms with van der Waals surface area (Å²) in [5.74, 6) is 2.20. The van der Waals surface area contributed by atoms with Crippen LogP contribution in [0, 0.1) is 56.7 Å². The maximum atomic E-state index is 13.9. The van der Waals surface area contributed by atoms with Crippen LogP contribution >= 0.6 is 0 Å². The Kier molecular flexibility index (Phi) is 7.00. The Balaban J connectivity index is 1.16. The number of carbonyl (C=O) groups excluding carboxylic acids is 2. The first-order valence-corrected chi connectivity index (χ1v) is 17.8. The number of hydrogen-bond acceptors (Lipinski definition) is 6. The molecule has 6 aliphatic rings. The zero-order valence-electron chi connectivity index (χ0n) is 29.2. The predicted molar refractivity (Wildman–Crippen MR) is 178 cm³/mol. The molecule has 1 N–H and O–H groups in total. The van der Waals surface area contributed by atoms with Crippen LogP contribution in [0.3, 0.4) is 0 Å². The van der Waals surface area contributed by atoms with Crippen molar-refractivity contribution < 1.29 is 28.9 Å². The van der Waals surface area contributed by atoms with Crippen molar-refractivity contribution in [2.45, 2.75) is 112 Å². The molecule has 11 atom stereocenters. The number of aromatic hydroxyl groups is 1. The number of fused-ring (bicyclic) bond motifs is 4. The highest BCUT2D eigenvalue weighted by molar-refractivity contribution is 5.87. The molecule has 5 unspecified atom stereocenters. The summed E-state index contributed by atoms with van der Waals surface area (Å²) in [7, 11) is 1.51. The Labute approximate surface area is 275 Å². The third-order valence-electron chi connectivity index (χ3n) is 15.6. The largest absolute Gasteiger partial charge is 0.504 e. The maximum absolute atomic E-state index is 13.9. The van der Waals surface area contributed by atoms with Crippen LogP contribution in [0.2, 0.25) is 0 Å². The minimum Gasteiger partial charge on any atom is -0.504 e. The fraction of sp³-hybridized carbons (Fsp3) is 0.700. The van der Waals surface area contributed by atoms with Crippen molar-refractivity contribution in [2.75, 3.05) is 7.11 Å². The van der Waals surface area contributed by atoms with E-state index in [1.165, 1.54) is 13.2 Å². The Morgan fingerprint density at radius 3 is 2.50 bits per heavy atom. The van der Waals surface area contributed by atoms with Crippen LogP contribution in [0.15, 0.2) is 36.4 Å². The van der Waals surface area contributed by atoms with E-state index in [-0.39, 0.29) is 56.8 Å². The summed E-state index contributed by atoms with van der Waals surface area (Å²) in [4.78, 5) is 27.0. The van der Waals surface area contributed by atoms with Gasteiger partial charge in [0.25, 0.3) is 0 Å². The molecule has 5 aliphatic carbocycles. The van der Waals surface area contributed by atoms with E-state index in [0.29, 0.717) is 29.4 Å². The summed E-state index contributed by atoms with van der Waals surface area (Å²) in [5.41, 5.74) is -0.367. The molecule has 250 valence electrons. The lowest BCUT2D eigenvalue weighted by Crippen LogP contribution is -2.71. The zero-order chi connectivity index (χ0) is 33.1. The third kappa shape index (κ3) is 3.88. The number of carbonyl (C=O) groups is 2. The van der Waals surface area contributed by atoms with Gasteiger partial charge in [-0.05, 0) is 116 Å². The number of rotatable bonds is 4. The van der Waals surface area contributed by atoms with Gasteiger partial charge in [-0.2, -0.15) is 0 Å². The summed E-state index contributed by atoms with van der Waals surface area (Å²) < 4.78 is 18.2. The molecule has 6 nitrogen and oxygen atoms in total. The molecule has 1 spiro atoms. The van der Waals surface area contributed by atoms with Gasteiger partial charge in [-0.15, -0.1) is 0 Å². The summed E-state index contributed by atoms with van der Waals surface area (Å²) in [6.45, 7) is 16.9. The summed E-state index contributed by atoms with van der Waals surface area (Å²) >= 11 is 0. The second kappa shape index (κ2) is 10.1. The maximum Gasteiger partial charge on any atom is 0.331 e. The molecule has 2 bridgehead atoms. The fourth-order valence-electron chi connectivity index (χ4n) is 12.8. The van der Waals surface area contributed by atoms with Gasteiger partial charge in [-0.3, -0.25) is 4.79 Å². The Morgan fingerprint density at radius 1 is 1.00 bits per heavy atom. The average molecular weight is 631 g/mol. The normalized spacial score (nSPS) is 46.8. The number of phenols is 1. The van der Waals surface area contributed by atoms with Gasteiger partial charge in [-0.25, -0.2) is 4.79 Å². The van der Waals surface area contributed by atoms with Crippen molar-refractivity contribution in [3.63, 3.8) is 0 Å². The number of allylic oxidation sites excluding steroid dienone is 1. The van der Waals surface area contributed by atoms with Gasteiger partial charge in [0.1, 0.15) is 11.7 Å². The van der Waals surface area contributed by atoms with E-state index < -0.39 is 5.60 Å². The summed E-state index contributed by atoms with van der Waals surface area (Å²) in [6, 6.07) is 5.00. The molecule has 1 saturated heterocycles. The van der Waals surface area contributed by atoms with E-state index in [2.05, 4.69) is 60.6 Å². The van der Waals surface area contributed by atoms with E-state index in [4.69, 9.17) is 14.2 Å². The van der Waals surface area contributed by atoms with Crippen molar-refractivity contribution in [3.8, 4) is 11.5 Å². The lowest BCUT2D eigenvalue weighted by molar-refractivity contribution is -0.247. The number of methoxy groups -OCH3 is 1. The van der Waals surface area contributed by atoms with Crippen LogP contribution in [0.25, 0.3) is 6.08 Å². The van der Waals surface area contributed by atoms with Crippen LogP contribution in [-0.4, -0.2) is 35.9 Å². The van der Waals surface area contributed by atoms with Gasteiger partial charge in [0.05, 0.1) is 12.5 Å². The predicted octanol–water partition coefficient (Wildman–Crippen LogP) is 8.52. The van der Waals surface area contributed by atoms with Crippen LogP contribution in [0.4, 0.5) is 0 Å². The smallest absolute Gasteiger partial charge is 0.331 e. The van der Waals surface area contributed by atoms with Gasteiger partial charge >= 0.3 is 11.9 Å². The number of phenolic OH excluding ortho intramolecular Hbond substituents is 1. The molecule has 1 aromatic rings. The molecular weight excluding hydrogens is 576 g/mol. The monoisotopic (exact) mass is 630 g/mol. The van der Waals surface area contributed by atoms with Gasteiger partial charge in [0.2, 0.25) is 0 Å². The lowest BCUT2D eigenvalue weighted by Gasteiger charge is -2.72. The lowest BCUT2D eigenvalue weighted by atomic mass is 9.32. The van der Waals surface area contributed by atoms with Gasteiger partial charge in [-0.1, -0.05) is 60.6 Å². The number of hydrogen-bond donors (Lipinski definition) is 1. The Bertz CT molecular complexity index is 1510. The Morgan fingerprint density at radius 2 is 1.76 bits per heavy atom. The summed E-state index contributed by atoms with van der Waals surface area (Å²) in [6.07, 6.45) is 16.0. The molecule has 7 rings (SSSR count). The van der Waals surface area contributed by atoms with E-state index in [9.17, 15) is 14.7 Å². The second-order valence-electron chi connectivity index (χ2n) is 17.4. The SMILES string of the molecule is COc1cc(/C=C/C(=O)O[C@H]2CC[C@@]3(C)C(CC[C@]4(C)C3C=C[C@]35OC(=O)[C@@]6(CCC(C)C(C)C63)CC[C@]54C)C2(C)C)ccc1O. The number of ether oxygens (including phenoxy) is 3. The highest BCUT2D eigenvalue weighted by Gasteiger charge is 2.80. The standard InChI is InChI=1S/C40H54O6/c1-24-13-19-39-22-21-38(7)37(6)18-14-29-35(3,4)31(45-32(42)12-10-26-9-11-27(41)28(23-26)44-8)16-17-36(29,5)30(37)15-20-40(38,46-34(39)43)33(39)25(24)2/h9-12,15,20,23-25,29-31,33,41H,13-14,16-19,21-22H2,1-8H3/b12-10+/t24?,25?,29?,30?,31-,33?,36-,37+,38-,39-,40-/m0/s1. The summed E-state index contributed by atoms with van der Waals surface area (Å²) in [5, 5.41) is 9.90. The first-order valence-electron chi connectivity index (χ1n) is 17.8. The molecule has 0 amide bonds. The van der Waals surface area contributed by atoms with Crippen molar-refractivity contribution in [1.29, 1.82) is 0 Å². The second-order valence-corrected chi connectivity index (χ2v) is 17.4. The van der Waals surface area contributed by atoms with Crippen LogP contribution in [0.5, 0.6) is 11.5 Å². The third-order valence-corrected chi connectivity index (χ3v) is 15.6. The van der Waals surface area contributed by atoms with E-state index in [0.717, 1.165) is 56.9 Å². The first-order chi connectivity index (χ1) is 21.6. The molecule has 1 aromatic carbocycles. The minimum atomic E-state index is -0.527.